The number of phenols is 1. The summed E-state index contributed by atoms with van der Waals surface area (Å²) < 4.78 is 18.8. The molecule has 0 bridgehead atoms. The van der Waals surface area contributed by atoms with Gasteiger partial charge in [-0.3, -0.25) is 4.90 Å². The third-order valence-corrected chi connectivity index (χ3v) is 5.14. The normalized spacial score (nSPS) is 18.7. The first-order chi connectivity index (χ1) is 12.1. The first-order valence-corrected chi connectivity index (χ1v) is 8.73. The number of phenolic OH excluding ortho intramolecular Hbond substituents is 1. The van der Waals surface area contributed by atoms with Gasteiger partial charge < -0.3 is 9.63 Å². The zero-order valence-corrected chi connectivity index (χ0v) is 14.2. The Kier molecular flexibility index (Phi) is 4.17. The van der Waals surface area contributed by atoms with E-state index in [4.69, 9.17) is 4.52 Å². The average molecular weight is 340 g/mol. The van der Waals surface area contributed by atoms with Crippen molar-refractivity contribution in [3.63, 3.8) is 0 Å². The molecule has 1 saturated heterocycles. The Bertz CT molecular complexity index is 889. The Morgan fingerprint density at radius 1 is 1.20 bits per heavy atom. The molecule has 1 fully saturated rings. The van der Waals surface area contributed by atoms with Gasteiger partial charge in [0.2, 0.25) is 0 Å². The van der Waals surface area contributed by atoms with Gasteiger partial charge in [0.05, 0.1) is 10.9 Å². The van der Waals surface area contributed by atoms with Gasteiger partial charge >= 0.3 is 0 Å². The van der Waals surface area contributed by atoms with Crippen LogP contribution in [0.4, 0.5) is 4.39 Å². The third-order valence-electron chi connectivity index (χ3n) is 5.14. The van der Waals surface area contributed by atoms with E-state index in [1.165, 1.54) is 31.4 Å². The fourth-order valence-electron chi connectivity index (χ4n) is 3.61. The number of hydrogen-bond donors (Lipinski definition) is 1. The van der Waals surface area contributed by atoms with E-state index >= 15 is 0 Å². The van der Waals surface area contributed by atoms with Crippen molar-refractivity contribution in [3.05, 3.63) is 47.8 Å². The fourth-order valence-corrected chi connectivity index (χ4v) is 3.61. The summed E-state index contributed by atoms with van der Waals surface area (Å²) in [5, 5.41) is 15.4. The summed E-state index contributed by atoms with van der Waals surface area (Å²) in [5.41, 5.74) is 2.84. The molecular weight excluding hydrogens is 319 g/mol. The fraction of sp³-hybridized carbons (Fsp3) is 0.350. The largest absolute Gasteiger partial charge is 0.507 e. The van der Waals surface area contributed by atoms with E-state index in [1.54, 1.807) is 18.2 Å². The lowest BCUT2D eigenvalue weighted by Crippen LogP contribution is -2.36. The van der Waals surface area contributed by atoms with E-state index in [1.807, 2.05) is 6.07 Å². The van der Waals surface area contributed by atoms with Gasteiger partial charge in [-0.15, -0.1) is 0 Å². The monoisotopic (exact) mass is 340 g/mol. The Morgan fingerprint density at radius 2 is 2.00 bits per heavy atom. The highest BCUT2D eigenvalue weighted by molar-refractivity contribution is 5.94. The van der Waals surface area contributed by atoms with E-state index in [0.29, 0.717) is 23.9 Å². The SMILES string of the molecule is CC1CCCCN1Cc1c(O)ccc2c(-c3ccc(F)cc3)noc12. The molecule has 25 heavy (non-hydrogen) atoms. The van der Waals surface area contributed by atoms with Crippen LogP contribution in [0, 0.1) is 5.82 Å². The van der Waals surface area contributed by atoms with Crippen LogP contribution < -0.4 is 0 Å². The second-order valence-corrected chi connectivity index (χ2v) is 6.79. The molecule has 0 radical (unpaired) electrons. The molecule has 4 rings (SSSR count). The number of aromatic nitrogens is 1. The molecule has 5 heteroatoms. The summed E-state index contributed by atoms with van der Waals surface area (Å²) in [7, 11) is 0. The maximum atomic E-state index is 13.2. The van der Waals surface area contributed by atoms with Gasteiger partial charge in [-0.05, 0) is 62.7 Å². The summed E-state index contributed by atoms with van der Waals surface area (Å²) in [5.74, 6) is -0.0546. The van der Waals surface area contributed by atoms with E-state index in [9.17, 15) is 9.50 Å². The zero-order valence-electron chi connectivity index (χ0n) is 14.2. The summed E-state index contributed by atoms with van der Waals surface area (Å²) in [4.78, 5) is 2.37. The van der Waals surface area contributed by atoms with Crippen LogP contribution in [0.2, 0.25) is 0 Å². The van der Waals surface area contributed by atoms with Crippen molar-refractivity contribution in [2.75, 3.05) is 6.54 Å². The number of rotatable bonds is 3. The lowest BCUT2D eigenvalue weighted by atomic mass is 10.0. The van der Waals surface area contributed by atoms with Crippen molar-refractivity contribution in [2.24, 2.45) is 0 Å². The minimum absolute atomic E-state index is 0.229. The van der Waals surface area contributed by atoms with Crippen LogP contribution in [0.1, 0.15) is 31.7 Å². The minimum atomic E-state index is -0.283. The second kappa shape index (κ2) is 6.48. The van der Waals surface area contributed by atoms with Crippen LogP contribution in [-0.2, 0) is 6.54 Å². The summed E-state index contributed by atoms with van der Waals surface area (Å²) in [6.07, 6.45) is 3.61. The zero-order chi connectivity index (χ0) is 17.4. The molecule has 0 amide bonds. The molecule has 1 atom stereocenters. The van der Waals surface area contributed by atoms with Gasteiger partial charge in [0.15, 0.2) is 5.58 Å². The molecule has 0 aliphatic carbocycles. The van der Waals surface area contributed by atoms with Crippen LogP contribution in [0.25, 0.3) is 22.2 Å². The summed E-state index contributed by atoms with van der Waals surface area (Å²) in [6.45, 7) is 3.89. The van der Waals surface area contributed by atoms with Gasteiger partial charge in [0, 0.05) is 18.2 Å². The molecule has 1 unspecified atom stereocenters. The molecule has 2 aromatic carbocycles. The maximum Gasteiger partial charge on any atom is 0.175 e. The van der Waals surface area contributed by atoms with Crippen LogP contribution in [0.15, 0.2) is 40.9 Å². The molecule has 1 aliphatic rings. The second-order valence-electron chi connectivity index (χ2n) is 6.79. The van der Waals surface area contributed by atoms with Crippen LogP contribution in [-0.4, -0.2) is 27.7 Å². The molecule has 4 nitrogen and oxygen atoms in total. The van der Waals surface area contributed by atoms with Gasteiger partial charge in [-0.1, -0.05) is 11.6 Å². The van der Waals surface area contributed by atoms with Crippen molar-refractivity contribution in [1.82, 2.24) is 10.1 Å². The van der Waals surface area contributed by atoms with Crippen LogP contribution in [0.3, 0.4) is 0 Å². The minimum Gasteiger partial charge on any atom is -0.507 e. The quantitative estimate of drug-likeness (QED) is 0.750. The molecule has 2 heterocycles. The number of piperidine rings is 1. The van der Waals surface area contributed by atoms with E-state index in [-0.39, 0.29) is 11.6 Å². The Hall–Kier alpha value is -2.40. The van der Waals surface area contributed by atoms with E-state index in [0.717, 1.165) is 23.1 Å². The maximum absolute atomic E-state index is 13.2. The smallest absolute Gasteiger partial charge is 0.175 e. The molecule has 3 aromatic rings. The van der Waals surface area contributed by atoms with Gasteiger partial charge in [-0.25, -0.2) is 4.39 Å². The highest BCUT2D eigenvalue weighted by Gasteiger charge is 2.23. The van der Waals surface area contributed by atoms with Gasteiger partial charge in [0.1, 0.15) is 17.3 Å². The number of aromatic hydroxyl groups is 1. The molecule has 130 valence electrons. The van der Waals surface area contributed by atoms with Gasteiger partial charge in [-0.2, -0.15) is 0 Å². The summed E-state index contributed by atoms with van der Waals surface area (Å²) in [6, 6.07) is 10.2. The molecule has 0 spiro atoms. The Balaban J connectivity index is 1.75. The molecule has 0 saturated carbocycles. The summed E-state index contributed by atoms with van der Waals surface area (Å²) >= 11 is 0. The van der Waals surface area contributed by atoms with Gasteiger partial charge in [0.25, 0.3) is 0 Å². The van der Waals surface area contributed by atoms with Crippen LogP contribution in [0.5, 0.6) is 5.75 Å². The topological polar surface area (TPSA) is 49.5 Å². The first-order valence-electron chi connectivity index (χ1n) is 8.73. The van der Waals surface area contributed by atoms with Crippen molar-refractivity contribution in [2.45, 2.75) is 38.8 Å². The number of fused-ring (bicyclic) bond motifs is 1. The highest BCUT2D eigenvalue weighted by Crippen LogP contribution is 2.35. The molecule has 1 N–H and O–H groups in total. The van der Waals surface area contributed by atoms with Crippen molar-refractivity contribution in [3.8, 4) is 17.0 Å². The number of halogens is 1. The first kappa shape index (κ1) is 16.1. The number of nitrogens with zero attached hydrogens (tertiary/aromatic N) is 2. The lowest BCUT2D eigenvalue weighted by Gasteiger charge is -2.33. The Morgan fingerprint density at radius 3 is 2.76 bits per heavy atom. The molecule has 1 aromatic heterocycles. The van der Waals surface area contributed by atoms with Crippen molar-refractivity contribution >= 4 is 11.0 Å². The number of likely N-dealkylation sites (tertiary alicyclic amines) is 1. The van der Waals surface area contributed by atoms with Crippen molar-refractivity contribution < 1.29 is 14.0 Å². The predicted octanol–water partition coefficient (Wildman–Crippen LogP) is 4.71. The van der Waals surface area contributed by atoms with E-state index in [2.05, 4.69) is 17.0 Å². The molecule has 1 aliphatic heterocycles. The van der Waals surface area contributed by atoms with Crippen molar-refractivity contribution in [1.29, 1.82) is 0 Å². The molecular formula is C20H21FN2O2. The van der Waals surface area contributed by atoms with E-state index < -0.39 is 0 Å². The Labute approximate surface area is 145 Å². The average Bonchev–Trinajstić information content (AvgIpc) is 3.04. The standard InChI is InChI=1S/C20H21FN2O2/c1-13-4-2-3-11-23(13)12-17-18(24)10-9-16-19(22-25-20(16)17)14-5-7-15(21)8-6-14/h5-10,13,24H,2-4,11-12H2,1H3. The lowest BCUT2D eigenvalue weighted by molar-refractivity contribution is 0.151. The third kappa shape index (κ3) is 3.00. The highest BCUT2D eigenvalue weighted by atomic mass is 19.1. The van der Waals surface area contributed by atoms with Crippen LogP contribution >= 0.6 is 0 Å². The number of benzene rings is 2. The number of hydrogen-bond acceptors (Lipinski definition) is 4. The predicted molar refractivity (Wildman–Crippen MR) is 94.8 cm³/mol.